The van der Waals surface area contributed by atoms with Gasteiger partial charge >= 0.3 is 0 Å². The van der Waals surface area contributed by atoms with E-state index in [1.165, 1.54) is 11.1 Å². The van der Waals surface area contributed by atoms with E-state index in [4.69, 9.17) is 4.74 Å². The monoisotopic (exact) mass is 402 g/mol. The molecule has 4 rings (SSSR count). The summed E-state index contributed by atoms with van der Waals surface area (Å²) in [4.78, 5) is 4.11. The topological polar surface area (TPSA) is 52.8 Å². The normalized spacial score (nSPS) is 11.1. The maximum absolute atomic E-state index is 5.34. The molecule has 0 saturated heterocycles. The van der Waals surface area contributed by atoms with Gasteiger partial charge in [0.1, 0.15) is 0 Å². The lowest BCUT2D eigenvalue weighted by molar-refractivity contribution is 0.185. The molecular formula is C23H22N4OS. The highest BCUT2D eigenvalue weighted by Gasteiger charge is 2.21. The molecule has 0 unspecified atom stereocenters. The van der Waals surface area contributed by atoms with Crippen molar-refractivity contribution in [2.24, 2.45) is 0 Å². The summed E-state index contributed by atoms with van der Waals surface area (Å²) in [7, 11) is 1.71. The molecule has 5 nitrogen and oxygen atoms in total. The second-order valence-electron chi connectivity index (χ2n) is 6.51. The van der Waals surface area contributed by atoms with Crippen molar-refractivity contribution < 1.29 is 4.74 Å². The highest BCUT2D eigenvalue weighted by atomic mass is 32.2. The summed E-state index contributed by atoms with van der Waals surface area (Å²) >= 11 is 1.71. The Bertz CT molecular complexity index is 983. The number of methoxy groups -OCH3 is 1. The van der Waals surface area contributed by atoms with Crippen LogP contribution in [0.25, 0.3) is 11.4 Å². The molecule has 2 heterocycles. The van der Waals surface area contributed by atoms with Crippen molar-refractivity contribution in [3.63, 3.8) is 0 Å². The number of nitrogens with zero attached hydrogens (tertiary/aromatic N) is 4. The molecule has 0 aliphatic rings. The van der Waals surface area contributed by atoms with Crippen molar-refractivity contribution >= 4 is 11.8 Å². The van der Waals surface area contributed by atoms with Crippen molar-refractivity contribution in [1.82, 2.24) is 19.7 Å². The zero-order valence-electron chi connectivity index (χ0n) is 16.2. The van der Waals surface area contributed by atoms with E-state index in [2.05, 4.69) is 68.3 Å². The second kappa shape index (κ2) is 9.49. The summed E-state index contributed by atoms with van der Waals surface area (Å²) in [5.74, 6) is 0.826. The van der Waals surface area contributed by atoms with Gasteiger partial charge in [0, 0.05) is 25.1 Å². The molecule has 0 atom stereocenters. The Labute approximate surface area is 174 Å². The average molecular weight is 403 g/mol. The molecule has 6 heteroatoms. The summed E-state index contributed by atoms with van der Waals surface area (Å²) in [6.45, 7) is 1.27. The van der Waals surface area contributed by atoms with Gasteiger partial charge in [-0.1, -0.05) is 72.4 Å². The van der Waals surface area contributed by atoms with E-state index in [9.17, 15) is 0 Å². The third-order valence-corrected chi connectivity index (χ3v) is 5.90. The summed E-state index contributed by atoms with van der Waals surface area (Å²) in [6.07, 6.45) is 3.54. The van der Waals surface area contributed by atoms with Crippen LogP contribution in [0.5, 0.6) is 0 Å². The van der Waals surface area contributed by atoms with Crippen LogP contribution in [-0.2, 0) is 11.3 Å². The average Bonchev–Trinajstić information content (AvgIpc) is 3.20. The van der Waals surface area contributed by atoms with Gasteiger partial charge in [-0.05, 0) is 23.3 Å². The van der Waals surface area contributed by atoms with Crippen LogP contribution in [-0.4, -0.2) is 33.5 Å². The summed E-state index contributed by atoms with van der Waals surface area (Å²) in [5.41, 5.74) is 3.46. The first kappa shape index (κ1) is 19.4. The fourth-order valence-electron chi connectivity index (χ4n) is 3.16. The molecule has 2 aromatic heterocycles. The van der Waals surface area contributed by atoms with Crippen molar-refractivity contribution in [1.29, 1.82) is 0 Å². The minimum atomic E-state index is 0.119. The number of hydrogen-bond donors (Lipinski definition) is 0. The Morgan fingerprint density at radius 2 is 1.48 bits per heavy atom. The molecule has 0 radical (unpaired) electrons. The molecule has 4 aromatic rings. The molecule has 0 N–H and O–H groups in total. The van der Waals surface area contributed by atoms with Crippen LogP contribution >= 0.6 is 11.8 Å². The lowest BCUT2D eigenvalue weighted by Gasteiger charge is -2.18. The molecule has 29 heavy (non-hydrogen) atoms. The summed E-state index contributed by atoms with van der Waals surface area (Å²) in [5, 5.41) is 10.0. The van der Waals surface area contributed by atoms with Crippen LogP contribution in [0.4, 0.5) is 0 Å². The second-order valence-corrected chi connectivity index (χ2v) is 7.58. The molecule has 0 amide bonds. The van der Waals surface area contributed by atoms with Gasteiger partial charge in [0.25, 0.3) is 0 Å². The maximum Gasteiger partial charge on any atom is 0.192 e. The van der Waals surface area contributed by atoms with Crippen molar-refractivity contribution in [3.8, 4) is 11.4 Å². The highest BCUT2D eigenvalue weighted by molar-refractivity contribution is 7.99. The number of hydrogen-bond acceptors (Lipinski definition) is 5. The molecule has 0 saturated carbocycles. The summed E-state index contributed by atoms with van der Waals surface area (Å²) in [6, 6.07) is 24.9. The molecule has 0 bridgehead atoms. The minimum Gasteiger partial charge on any atom is -0.383 e. The zero-order chi connectivity index (χ0) is 19.9. The van der Waals surface area contributed by atoms with Crippen molar-refractivity contribution in [2.45, 2.75) is 17.0 Å². The van der Waals surface area contributed by atoms with E-state index in [1.807, 2.05) is 24.3 Å². The smallest absolute Gasteiger partial charge is 0.192 e. The Hall–Kier alpha value is -2.96. The molecule has 0 aliphatic heterocycles. The molecule has 0 spiro atoms. The van der Waals surface area contributed by atoms with Gasteiger partial charge in [-0.15, -0.1) is 10.2 Å². The van der Waals surface area contributed by atoms with Crippen LogP contribution in [0.1, 0.15) is 16.4 Å². The van der Waals surface area contributed by atoms with Gasteiger partial charge in [-0.25, -0.2) is 0 Å². The first-order valence-electron chi connectivity index (χ1n) is 9.46. The Balaban J connectivity index is 1.73. The fraction of sp³-hybridized carbons (Fsp3) is 0.174. The van der Waals surface area contributed by atoms with Gasteiger partial charge < -0.3 is 4.74 Å². The maximum atomic E-state index is 5.34. The largest absolute Gasteiger partial charge is 0.383 e. The number of aromatic nitrogens is 4. The van der Waals surface area contributed by atoms with E-state index < -0.39 is 0 Å². The fourth-order valence-corrected chi connectivity index (χ4v) is 4.35. The molecule has 146 valence electrons. The van der Waals surface area contributed by atoms with Gasteiger partial charge in [-0.2, -0.15) is 0 Å². The lowest BCUT2D eigenvalue weighted by Crippen LogP contribution is -2.08. The van der Waals surface area contributed by atoms with E-state index in [-0.39, 0.29) is 5.25 Å². The molecular weight excluding hydrogens is 380 g/mol. The van der Waals surface area contributed by atoms with Crippen molar-refractivity contribution in [3.05, 3.63) is 96.3 Å². The van der Waals surface area contributed by atoms with E-state index in [0.29, 0.717) is 13.2 Å². The molecule has 2 aromatic carbocycles. The Morgan fingerprint density at radius 1 is 0.862 bits per heavy atom. The molecule has 0 fully saturated rings. The zero-order valence-corrected chi connectivity index (χ0v) is 17.0. The van der Waals surface area contributed by atoms with Crippen LogP contribution < -0.4 is 0 Å². The van der Waals surface area contributed by atoms with Gasteiger partial charge in [0.15, 0.2) is 11.0 Å². The third-order valence-electron chi connectivity index (χ3n) is 4.60. The van der Waals surface area contributed by atoms with Gasteiger partial charge in [-0.3, -0.25) is 9.55 Å². The predicted molar refractivity (Wildman–Crippen MR) is 116 cm³/mol. The Kier molecular flexibility index (Phi) is 6.34. The standard InChI is InChI=1S/C23H22N4OS/c1-28-17-16-27-22(20-12-14-24-15-13-20)25-26-23(27)29-21(18-8-4-2-5-9-18)19-10-6-3-7-11-19/h2-15,21H,16-17H2,1H3. The van der Waals surface area contributed by atoms with E-state index in [1.54, 1.807) is 31.3 Å². The highest BCUT2D eigenvalue weighted by Crippen LogP contribution is 2.40. The lowest BCUT2D eigenvalue weighted by atomic mass is 10.0. The predicted octanol–water partition coefficient (Wildman–Crippen LogP) is 4.87. The van der Waals surface area contributed by atoms with E-state index >= 15 is 0 Å². The first-order chi connectivity index (χ1) is 14.4. The van der Waals surface area contributed by atoms with Crippen LogP contribution in [0.3, 0.4) is 0 Å². The van der Waals surface area contributed by atoms with Crippen LogP contribution in [0.15, 0.2) is 90.3 Å². The number of ether oxygens (including phenoxy) is 1. The number of benzene rings is 2. The number of rotatable bonds is 8. The first-order valence-corrected chi connectivity index (χ1v) is 10.3. The Morgan fingerprint density at radius 3 is 2.07 bits per heavy atom. The van der Waals surface area contributed by atoms with Crippen LogP contribution in [0, 0.1) is 0 Å². The quantitative estimate of drug-likeness (QED) is 0.394. The minimum absolute atomic E-state index is 0.119. The SMILES string of the molecule is COCCn1c(SC(c2ccccc2)c2ccccc2)nnc1-c1ccncc1. The van der Waals surface area contributed by atoms with E-state index in [0.717, 1.165) is 16.5 Å². The number of pyridine rings is 1. The van der Waals surface area contributed by atoms with Crippen molar-refractivity contribution in [2.75, 3.05) is 13.7 Å². The third kappa shape index (κ3) is 4.55. The van der Waals surface area contributed by atoms with Gasteiger partial charge in [0.2, 0.25) is 0 Å². The summed E-state index contributed by atoms with van der Waals surface area (Å²) < 4.78 is 7.46. The molecule has 0 aliphatic carbocycles. The number of thioether (sulfide) groups is 1. The van der Waals surface area contributed by atoms with Crippen LogP contribution in [0.2, 0.25) is 0 Å². The van der Waals surface area contributed by atoms with Gasteiger partial charge in [0.05, 0.1) is 18.4 Å².